The predicted octanol–water partition coefficient (Wildman–Crippen LogP) is 2.09. The zero-order valence-corrected chi connectivity index (χ0v) is 11.4. The van der Waals surface area contributed by atoms with Crippen molar-refractivity contribution < 1.29 is 9.47 Å². The van der Waals surface area contributed by atoms with Gasteiger partial charge in [0.1, 0.15) is 11.9 Å². The fourth-order valence-electron chi connectivity index (χ4n) is 2.23. The molecule has 1 aromatic carbocycles. The summed E-state index contributed by atoms with van der Waals surface area (Å²) in [5.41, 5.74) is 0.643. The zero-order valence-electron chi connectivity index (χ0n) is 11.4. The number of rotatable bonds is 4. The summed E-state index contributed by atoms with van der Waals surface area (Å²) in [4.78, 5) is 0. The molecule has 0 aliphatic carbocycles. The van der Waals surface area contributed by atoms with Gasteiger partial charge in [-0.15, -0.1) is 0 Å². The third-order valence-corrected chi connectivity index (χ3v) is 3.12. The Bertz CT molecular complexity index is 436. The van der Waals surface area contributed by atoms with Crippen molar-refractivity contribution in [2.75, 3.05) is 13.2 Å². The molecule has 1 fully saturated rings. The number of nitriles is 1. The van der Waals surface area contributed by atoms with E-state index < -0.39 is 0 Å². The van der Waals surface area contributed by atoms with Gasteiger partial charge in [0.25, 0.3) is 0 Å². The van der Waals surface area contributed by atoms with Crippen LogP contribution >= 0.6 is 0 Å². The lowest BCUT2D eigenvalue weighted by Gasteiger charge is -2.33. The van der Waals surface area contributed by atoms with Crippen molar-refractivity contribution in [3.05, 3.63) is 29.8 Å². The Labute approximate surface area is 114 Å². The van der Waals surface area contributed by atoms with Crippen molar-refractivity contribution in [2.24, 2.45) is 0 Å². The third kappa shape index (κ3) is 3.95. The number of nitrogens with zero attached hydrogens (tertiary/aromatic N) is 1. The van der Waals surface area contributed by atoms with Gasteiger partial charge in [-0.2, -0.15) is 5.26 Å². The molecule has 2 atom stereocenters. The molecule has 0 radical (unpaired) electrons. The van der Waals surface area contributed by atoms with E-state index in [1.165, 1.54) is 0 Å². The highest BCUT2D eigenvalue weighted by atomic mass is 16.5. The highest BCUT2D eigenvalue weighted by molar-refractivity contribution is 5.34. The van der Waals surface area contributed by atoms with Crippen LogP contribution < -0.4 is 10.1 Å². The third-order valence-electron chi connectivity index (χ3n) is 3.12. The fourth-order valence-corrected chi connectivity index (χ4v) is 2.23. The lowest BCUT2D eigenvalue weighted by Crippen LogP contribution is -2.51. The molecule has 0 amide bonds. The highest BCUT2D eigenvalue weighted by Crippen LogP contribution is 2.18. The van der Waals surface area contributed by atoms with E-state index in [0.29, 0.717) is 24.3 Å². The van der Waals surface area contributed by atoms with Gasteiger partial charge in [0.15, 0.2) is 0 Å². The maximum atomic E-state index is 8.77. The molecule has 0 spiro atoms. The van der Waals surface area contributed by atoms with Crippen molar-refractivity contribution in [1.82, 2.24) is 5.32 Å². The maximum absolute atomic E-state index is 8.77. The molecule has 1 aliphatic rings. The Morgan fingerprint density at radius 2 is 2.11 bits per heavy atom. The lowest BCUT2D eigenvalue weighted by molar-refractivity contribution is -0.0166. The smallest absolute Gasteiger partial charge is 0.137 e. The molecule has 1 heterocycles. The Morgan fingerprint density at radius 3 is 2.74 bits per heavy atom. The molecule has 0 aromatic heterocycles. The summed E-state index contributed by atoms with van der Waals surface area (Å²) < 4.78 is 11.5. The van der Waals surface area contributed by atoms with E-state index in [0.717, 1.165) is 18.8 Å². The van der Waals surface area contributed by atoms with Crippen LogP contribution in [0.1, 0.15) is 25.8 Å². The first-order valence-electron chi connectivity index (χ1n) is 6.69. The molecule has 0 bridgehead atoms. The summed E-state index contributed by atoms with van der Waals surface area (Å²) in [7, 11) is 0. The second-order valence-electron chi connectivity index (χ2n) is 5.08. The summed E-state index contributed by atoms with van der Waals surface area (Å²) in [5.74, 6) is 0.782. The van der Waals surface area contributed by atoms with Crippen LogP contribution in [-0.4, -0.2) is 31.4 Å². The van der Waals surface area contributed by atoms with Crippen LogP contribution in [-0.2, 0) is 4.74 Å². The van der Waals surface area contributed by atoms with E-state index in [1.54, 1.807) is 12.1 Å². The number of nitrogens with one attached hydrogen (secondary N) is 1. The summed E-state index contributed by atoms with van der Waals surface area (Å²) in [5, 5.41) is 12.3. The van der Waals surface area contributed by atoms with Gasteiger partial charge in [-0.3, -0.25) is 0 Å². The number of hydrogen-bond acceptors (Lipinski definition) is 4. The van der Waals surface area contributed by atoms with E-state index >= 15 is 0 Å². The summed E-state index contributed by atoms with van der Waals surface area (Å²) in [6.07, 6.45) is 0.975. The fraction of sp³-hybridized carbons (Fsp3) is 0.533. The maximum Gasteiger partial charge on any atom is 0.137 e. The standard InChI is InChI=1S/C15H20N2O2/c1-11(2)17-14-7-8-18-10-15(14)19-13-5-3-12(9-16)4-6-13/h3-6,11,14-15,17H,7-8,10H2,1-2H3/t14-,15-/m1/s1. The van der Waals surface area contributed by atoms with E-state index in [-0.39, 0.29) is 6.10 Å². The predicted molar refractivity (Wildman–Crippen MR) is 73.1 cm³/mol. The van der Waals surface area contributed by atoms with E-state index in [9.17, 15) is 0 Å². The zero-order chi connectivity index (χ0) is 13.7. The van der Waals surface area contributed by atoms with Crippen LogP contribution in [0.2, 0.25) is 0 Å². The average molecular weight is 260 g/mol. The Balaban J connectivity index is 2.00. The van der Waals surface area contributed by atoms with E-state index in [4.69, 9.17) is 14.7 Å². The largest absolute Gasteiger partial charge is 0.486 e. The first-order chi connectivity index (χ1) is 9.19. The van der Waals surface area contributed by atoms with Gasteiger partial charge in [0.2, 0.25) is 0 Å². The number of hydrogen-bond donors (Lipinski definition) is 1. The van der Waals surface area contributed by atoms with Crippen molar-refractivity contribution >= 4 is 0 Å². The lowest BCUT2D eigenvalue weighted by atomic mass is 10.1. The van der Waals surface area contributed by atoms with Gasteiger partial charge < -0.3 is 14.8 Å². The van der Waals surface area contributed by atoms with Gasteiger partial charge in [0, 0.05) is 18.7 Å². The molecule has 1 aromatic rings. The van der Waals surface area contributed by atoms with E-state index in [1.807, 2.05) is 12.1 Å². The number of benzene rings is 1. The molecule has 1 saturated heterocycles. The quantitative estimate of drug-likeness (QED) is 0.900. The molecule has 1 aliphatic heterocycles. The van der Waals surface area contributed by atoms with Crippen molar-refractivity contribution in [2.45, 2.75) is 38.5 Å². The minimum atomic E-state index is 0.0177. The second-order valence-corrected chi connectivity index (χ2v) is 5.08. The van der Waals surface area contributed by atoms with Gasteiger partial charge in [-0.1, -0.05) is 13.8 Å². The summed E-state index contributed by atoms with van der Waals surface area (Å²) in [6, 6.07) is 10.0. The Morgan fingerprint density at radius 1 is 1.37 bits per heavy atom. The van der Waals surface area contributed by atoms with Crippen molar-refractivity contribution in [3.8, 4) is 11.8 Å². The highest BCUT2D eigenvalue weighted by Gasteiger charge is 2.27. The first-order valence-corrected chi connectivity index (χ1v) is 6.69. The van der Waals surface area contributed by atoms with Crippen LogP contribution in [0.5, 0.6) is 5.75 Å². The van der Waals surface area contributed by atoms with Gasteiger partial charge in [-0.25, -0.2) is 0 Å². The van der Waals surface area contributed by atoms with E-state index in [2.05, 4.69) is 25.2 Å². The first kappa shape index (κ1) is 13.9. The van der Waals surface area contributed by atoms with Gasteiger partial charge >= 0.3 is 0 Å². The SMILES string of the molecule is CC(C)N[C@@H]1CCOC[C@H]1Oc1ccc(C#N)cc1. The molecular formula is C15H20N2O2. The number of ether oxygens (including phenoxy) is 2. The summed E-state index contributed by atoms with van der Waals surface area (Å²) in [6.45, 7) is 5.64. The molecule has 0 saturated carbocycles. The average Bonchev–Trinajstić information content (AvgIpc) is 2.41. The van der Waals surface area contributed by atoms with Crippen LogP contribution in [0.15, 0.2) is 24.3 Å². The molecule has 4 heteroatoms. The van der Waals surface area contributed by atoms with Crippen LogP contribution in [0.25, 0.3) is 0 Å². The molecule has 0 unspecified atom stereocenters. The minimum absolute atomic E-state index is 0.0177. The summed E-state index contributed by atoms with van der Waals surface area (Å²) >= 11 is 0. The van der Waals surface area contributed by atoms with Crippen LogP contribution in [0.3, 0.4) is 0 Å². The van der Waals surface area contributed by atoms with Crippen molar-refractivity contribution in [1.29, 1.82) is 5.26 Å². The molecule has 19 heavy (non-hydrogen) atoms. The molecule has 102 valence electrons. The minimum Gasteiger partial charge on any atom is -0.486 e. The molecule has 2 rings (SSSR count). The van der Waals surface area contributed by atoms with Crippen LogP contribution in [0, 0.1) is 11.3 Å². The molecular weight excluding hydrogens is 240 g/mol. The van der Waals surface area contributed by atoms with Gasteiger partial charge in [0.05, 0.1) is 18.2 Å². The van der Waals surface area contributed by atoms with Gasteiger partial charge in [-0.05, 0) is 30.7 Å². The second kappa shape index (κ2) is 6.55. The Kier molecular flexibility index (Phi) is 4.78. The topological polar surface area (TPSA) is 54.3 Å². The molecule has 1 N–H and O–H groups in total. The van der Waals surface area contributed by atoms with Crippen LogP contribution in [0.4, 0.5) is 0 Å². The Hall–Kier alpha value is -1.57. The van der Waals surface area contributed by atoms with Crippen molar-refractivity contribution in [3.63, 3.8) is 0 Å². The normalized spacial score (nSPS) is 23.1. The monoisotopic (exact) mass is 260 g/mol. The molecule has 4 nitrogen and oxygen atoms in total.